The minimum Gasteiger partial charge on any atom is -0.495 e. The predicted octanol–water partition coefficient (Wildman–Crippen LogP) is 6.19. The molecule has 8 heteroatoms. The maximum atomic E-state index is 14.1. The third kappa shape index (κ3) is 5.37. The summed E-state index contributed by atoms with van der Waals surface area (Å²) >= 11 is 0. The van der Waals surface area contributed by atoms with Gasteiger partial charge in [-0.1, -0.05) is 44.2 Å². The number of carbonyl (C=O) groups is 1. The Kier molecular flexibility index (Phi) is 7.45. The average molecular weight is 490 g/mol. The monoisotopic (exact) mass is 489 g/mol. The number of carboxylic acids is 1. The van der Waals surface area contributed by atoms with Crippen molar-refractivity contribution in [2.75, 3.05) is 11.8 Å². The molecule has 0 atom stereocenters. The Morgan fingerprint density at radius 3 is 2.18 bits per heavy atom. The van der Waals surface area contributed by atoms with Crippen molar-refractivity contribution in [2.24, 2.45) is 11.8 Å². The van der Waals surface area contributed by atoms with Gasteiger partial charge in [0.25, 0.3) is 10.0 Å². The highest BCUT2D eigenvalue weighted by atomic mass is 32.2. The average Bonchev–Trinajstić information content (AvgIpc) is 2.84. The molecule has 2 aliphatic carbocycles. The van der Waals surface area contributed by atoms with Crippen LogP contribution in [0.5, 0.6) is 5.75 Å². The Labute approximate surface area is 200 Å². The van der Waals surface area contributed by atoms with Crippen molar-refractivity contribution in [3.63, 3.8) is 0 Å². The van der Waals surface area contributed by atoms with E-state index in [1.165, 1.54) is 52.1 Å². The van der Waals surface area contributed by atoms with Crippen molar-refractivity contribution in [1.82, 2.24) is 0 Å². The molecule has 0 bridgehead atoms. The first-order valence-corrected chi connectivity index (χ1v) is 13.5. The van der Waals surface area contributed by atoms with Gasteiger partial charge in [-0.3, -0.25) is 4.72 Å². The lowest BCUT2D eigenvalue weighted by atomic mass is 9.70. The summed E-state index contributed by atoms with van der Waals surface area (Å²) in [6.07, 6.45) is 11.6. The Morgan fingerprint density at radius 1 is 0.971 bits per heavy atom. The third-order valence-corrected chi connectivity index (χ3v) is 8.90. The van der Waals surface area contributed by atoms with Crippen LogP contribution < -0.4 is 9.46 Å². The van der Waals surface area contributed by atoms with Gasteiger partial charge < -0.3 is 9.84 Å². The second kappa shape index (κ2) is 10.3. The molecule has 34 heavy (non-hydrogen) atoms. The van der Waals surface area contributed by atoms with Crippen LogP contribution in [0.4, 0.5) is 10.1 Å². The molecule has 2 saturated carbocycles. The topological polar surface area (TPSA) is 92.7 Å². The molecule has 0 aromatic heterocycles. The lowest BCUT2D eigenvalue weighted by Crippen LogP contribution is -2.23. The van der Waals surface area contributed by atoms with Crippen LogP contribution >= 0.6 is 0 Å². The first-order chi connectivity index (χ1) is 16.3. The Morgan fingerprint density at radius 2 is 1.59 bits per heavy atom. The summed E-state index contributed by atoms with van der Waals surface area (Å²) < 4.78 is 47.3. The first-order valence-electron chi connectivity index (χ1n) is 12.0. The van der Waals surface area contributed by atoms with Crippen LogP contribution in [0.2, 0.25) is 0 Å². The van der Waals surface area contributed by atoms with Gasteiger partial charge in [-0.15, -0.1) is 0 Å². The minimum atomic E-state index is -4.01. The molecule has 2 N–H and O–H groups in total. The molecule has 2 aliphatic rings. The van der Waals surface area contributed by atoms with Crippen molar-refractivity contribution >= 4 is 21.7 Å². The molecule has 0 unspecified atom stereocenters. The van der Waals surface area contributed by atoms with E-state index < -0.39 is 27.4 Å². The fourth-order valence-electron chi connectivity index (χ4n) is 5.62. The van der Waals surface area contributed by atoms with Crippen molar-refractivity contribution in [1.29, 1.82) is 0 Å². The van der Waals surface area contributed by atoms with E-state index in [1.54, 1.807) is 12.1 Å². The summed E-state index contributed by atoms with van der Waals surface area (Å²) in [5.74, 6) is -0.419. The van der Waals surface area contributed by atoms with Crippen molar-refractivity contribution in [3.8, 4) is 5.75 Å². The zero-order chi connectivity index (χ0) is 24.3. The fourth-order valence-corrected chi connectivity index (χ4v) is 6.68. The highest BCUT2D eigenvalue weighted by molar-refractivity contribution is 7.92. The van der Waals surface area contributed by atoms with Crippen LogP contribution in [0.25, 0.3) is 0 Å². The van der Waals surface area contributed by atoms with Gasteiger partial charge >= 0.3 is 5.97 Å². The maximum absolute atomic E-state index is 14.1. The summed E-state index contributed by atoms with van der Waals surface area (Å²) in [6.45, 7) is 0. The molecule has 0 spiro atoms. The first kappa shape index (κ1) is 24.5. The second-order valence-corrected chi connectivity index (χ2v) is 11.2. The number of hydrogen-bond acceptors (Lipinski definition) is 4. The van der Waals surface area contributed by atoms with Crippen LogP contribution in [0, 0.1) is 17.7 Å². The Hall–Kier alpha value is -2.61. The van der Waals surface area contributed by atoms with Crippen molar-refractivity contribution in [2.45, 2.75) is 68.6 Å². The smallest absolute Gasteiger partial charge is 0.338 e. The highest BCUT2D eigenvalue weighted by Gasteiger charge is 2.29. The zero-order valence-corrected chi connectivity index (χ0v) is 20.2. The number of sulfonamides is 1. The van der Waals surface area contributed by atoms with E-state index in [0.29, 0.717) is 5.92 Å². The quantitative estimate of drug-likeness (QED) is 0.484. The Balaban J connectivity index is 1.43. The summed E-state index contributed by atoms with van der Waals surface area (Å²) in [6, 6.07) is 8.65. The van der Waals surface area contributed by atoms with E-state index in [-0.39, 0.29) is 16.3 Å². The maximum Gasteiger partial charge on any atom is 0.338 e. The van der Waals surface area contributed by atoms with E-state index in [0.717, 1.165) is 42.4 Å². The van der Waals surface area contributed by atoms with E-state index in [4.69, 9.17) is 9.84 Å². The zero-order valence-electron chi connectivity index (χ0n) is 19.4. The summed E-state index contributed by atoms with van der Waals surface area (Å²) in [4.78, 5) is 11.2. The van der Waals surface area contributed by atoms with Crippen molar-refractivity contribution < 1.29 is 27.4 Å². The second-order valence-electron chi connectivity index (χ2n) is 9.52. The van der Waals surface area contributed by atoms with Crippen molar-refractivity contribution in [3.05, 3.63) is 53.3 Å². The number of ether oxygens (including phenoxy) is 1. The molecule has 0 saturated heterocycles. The van der Waals surface area contributed by atoms with Crippen LogP contribution in [0.15, 0.2) is 41.3 Å². The summed E-state index contributed by atoms with van der Waals surface area (Å²) in [5, 5.41) is 9.07. The number of carboxylic acid groups (broad SMARTS) is 1. The largest absolute Gasteiger partial charge is 0.495 e. The van der Waals surface area contributed by atoms with Crippen LogP contribution in [0.1, 0.15) is 79.6 Å². The Bertz CT molecular complexity index is 1120. The molecule has 0 heterocycles. The molecule has 0 amide bonds. The molecule has 6 nitrogen and oxygen atoms in total. The van der Waals surface area contributed by atoms with Gasteiger partial charge in [0.05, 0.1) is 23.3 Å². The molecule has 2 aromatic carbocycles. The van der Waals surface area contributed by atoms with Gasteiger partial charge in [-0.2, -0.15) is 0 Å². The molecule has 4 rings (SSSR count). The molecule has 0 radical (unpaired) electrons. The molecule has 184 valence electrons. The molecular formula is C26H32FNO5S. The summed E-state index contributed by atoms with van der Waals surface area (Å²) in [7, 11) is -2.75. The lowest BCUT2D eigenvalue weighted by Gasteiger charge is -2.36. The SMILES string of the molecule is COc1cc(C(=O)O)c(F)cc1NS(=O)(=O)c1ccc(C2CCC(C3CCCCC3)CC2)cc1. The lowest BCUT2D eigenvalue weighted by molar-refractivity contribution is 0.0691. The van der Waals surface area contributed by atoms with Gasteiger partial charge in [0.15, 0.2) is 0 Å². The molecule has 2 fully saturated rings. The summed E-state index contributed by atoms with van der Waals surface area (Å²) in [5.41, 5.74) is 0.396. The molecule has 2 aromatic rings. The molecule has 0 aliphatic heterocycles. The number of hydrogen-bond donors (Lipinski definition) is 2. The molecular weight excluding hydrogens is 457 g/mol. The fraction of sp³-hybridized carbons (Fsp3) is 0.500. The number of aromatic carboxylic acids is 1. The van der Waals surface area contributed by atoms with Gasteiger partial charge in [0.2, 0.25) is 0 Å². The van der Waals surface area contributed by atoms with E-state index >= 15 is 0 Å². The van der Waals surface area contributed by atoms with Gasteiger partial charge in [0, 0.05) is 6.07 Å². The van der Waals surface area contributed by atoms with E-state index in [2.05, 4.69) is 4.72 Å². The van der Waals surface area contributed by atoms with Crippen LogP contribution in [-0.4, -0.2) is 26.6 Å². The van der Waals surface area contributed by atoms with Gasteiger partial charge in [-0.05, 0) is 67.2 Å². The van der Waals surface area contributed by atoms with Gasteiger partial charge in [0.1, 0.15) is 11.6 Å². The third-order valence-electron chi connectivity index (χ3n) is 7.51. The van der Waals surface area contributed by atoms with Crippen LogP contribution in [0.3, 0.4) is 0 Å². The number of anilines is 1. The number of rotatable bonds is 7. The number of methoxy groups -OCH3 is 1. The number of nitrogens with one attached hydrogen (secondary N) is 1. The predicted molar refractivity (Wildman–Crippen MR) is 128 cm³/mol. The van der Waals surface area contributed by atoms with Gasteiger partial charge in [-0.25, -0.2) is 17.6 Å². The van der Waals surface area contributed by atoms with Crippen LogP contribution in [-0.2, 0) is 10.0 Å². The van der Waals surface area contributed by atoms with E-state index in [9.17, 15) is 17.6 Å². The highest BCUT2D eigenvalue weighted by Crippen LogP contribution is 2.43. The number of halogens is 1. The minimum absolute atomic E-state index is 0.0527. The normalized spacial score (nSPS) is 21.7. The standard InChI is InChI=1S/C26H32FNO5S/c1-33-25-15-22(26(29)30)23(27)16-24(25)28-34(31,32)21-13-11-20(12-14-21)19-9-7-18(8-10-19)17-5-3-2-4-6-17/h11-19,28H,2-10H2,1H3,(H,29,30). The number of benzene rings is 2. The van der Waals surface area contributed by atoms with E-state index in [1.807, 2.05) is 12.1 Å².